The van der Waals surface area contributed by atoms with E-state index in [9.17, 15) is 4.79 Å². The number of anilines is 1. The summed E-state index contributed by atoms with van der Waals surface area (Å²) in [7, 11) is 0. The molecule has 0 radical (unpaired) electrons. The normalized spacial score (nSPS) is 12.0. The summed E-state index contributed by atoms with van der Waals surface area (Å²) in [6.45, 7) is 7.00. The molecule has 0 bridgehead atoms. The number of aromatic nitrogens is 1. The molecule has 1 atom stereocenters. The quantitative estimate of drug-likeness (QED) is 0.291. The van der Waals surface area contributed by atoms with E-state index >= 15 is 0 Å². The highest BCUT2D eigenvalue weighted by Gasteiger charge is 2.15. The van der Waals surface area contributed by atoms with Gasteiger partial charge in [0, 0.05) is 11.1 Å². The predicted octanol–water partition coefficient (Wildman–Crippen LogP) is 7.70. The van der Waals surface area contributed by atoms with Gasteiger partial charge in [-0.2, -0.15) is 0 Å². The topological polar surface area (TPSA) is 64.4 Å². The second-order valence-electron chi connectivity index (χ2n) is 8.08. The van der Waals surface area contributed by atoms with Crippen LogP contribution in [-0.2, 0) is 0 Å². The lowest BCUT2D eigenvalue weighted by Gasteiger charge is -2.10. The SMILES string of the molecule is CCCOc1cccc(C(=O)Nc2cc(-c3nc4cc(C(C)CC)ccc4o3)ccc2Cl)c1. The number of fused-ring (bicyclic) bond motifs is 1. The highest BCUT2D eigenvalue weighted by Crippen LogP contribution is 2.32. The monoisotopic (exact) mass is 462 g/mol. The summed E-state index contributed by atoms with van der Waals surface area (Å²) in [5.41, 5.74) is 4.48. The molecule has 0 fully saturated rings. The first-order valence-corrected chi connectivity index (χ1v) is 11.6. The molecule has 1 unspecified atom stereocenters. The van der Waals surface area contributed by atoms with Crippen molar-refractivity contribution in [1.82, 2.24) is 4.98 Å². The lowest BCUT2D eigenvalue weighted by molar-refractivity contribution is 0.102. The maximum absolute atomic E-state index is 12.8. The van der Waals surface area contributed by atoms with Gasteiger partial charge in [0.2, 0.25) is 5.89 Å². The van der Waals surface area contributed by atoms with Gasteiger partial charge >= 0.3 is 0 Å². The summed E-state index contributed by atoms with van der Waals surface area (Å²) < 4.78 is 11.6. The lowest BCUT2D eigenvalue weighted by Crippen LogP contribution is -2.12. The fourth-order valence-electron chi connectivity index (χ4n) is 3.51. The van der Waals surface area contributed by atoms with E-state index in [0.29, 0.717) is 40.4 Å². The van der Waals surface area contributed by atoms with Crippen molar-refractivity contribution in [2.45, 2.75) is 39.5 Å². The average Bonchev–Trinajstić information content (AvgIpc) is 3.27. The summed E-state index contributed by atoms with van der Waals surface area (Å²) in [6, 6.07) is 18.5. The zero-order valence-corrected chi connectivity index (χ0v) is 19.8. The van der Waals surface area contributed by atoms with Crippen LogP contribution in [0.4, 0.5) is 5.69 Å². The number of benzene rings is 3. The Bertz CT molecular complexity index is 1280. The first kappa shape index (κ1) is 22.9. The molecule has 4 aromatic rings. The highest BCUT2D eigenvalue weighted by atomic mass is 35.5. The molecule has 1 N–H and O–H groups in total. The number of oxazole rings is 1. The van der Waals surface area contributed by atoms with Gasteiger partial charge in [0.15, 0.2) is 5.58 Å². The molecule has 33 heavy (non-hydrogen) atoms. The van der Waals surface area contributed by atoms with Gasteiger partial charge in [-0.25, -0.2) is 4.98 Å². The number of nitrogens with one attached hydrogen (secondary N) is 1. The van der Waals surface area contributed by atoms with Crippen molar-refractivity contribution in [3.05, 3.63) is 76.8 Å². The molecule has 0 spiro atoms. The second-order valence-corrected chi connectivity index (χ2v) is 8.49. The molecule has 0 aliphatic heterocycles. The fraction of sp³-hybridized carbons (Fsp3) is 0.259. The molecule has 0 aliphatic carbocycles. The number of halogens is 1. The fourth-order valence-corrected chi connectivity index (χ4v) is 3.67. The van der Waals surface area contributed by atoms with E-state index in [1.165, 1.54) is 5.56 Å². The summed E-state index contributed by atoms with van der Waals surface area (Å²) >= 11 is 6.37. The van der Waals surface area contributed by atoms with E-state index in [1.54, 1.807) is 30.3 Å². The molecule has 6 heteroatoms. The Morgan fingerprint density at radius 2 is 1.97 bits per heavy atom. The Kier molecular flexibility index (Phi) is 6.99. The van der Waals surface area contributed by atoms with Crippen LogP contribution in [0.3, 0.4) is 0 Å². The summed E-state index contributed by atoms with van der Waals surface area (Å²) in [6.07, 6.45) is 1.96. The maximum atomic E-state index is 12.8. The van der Waals surface area contributed by atoms with Gasteiger partial charge in [-0.3, -0.25) is 4.79 Å². The van der Waals surface area contributed by atoms with Crippen LogP contribution in [-0.4, -0.2) is 17.5 Å². The number of nitrogens with zero attached hydrogens (tertiary/aromatic N) is 1. The van der Waals surface area contributed by atoms with Crippen LogP contribution in [0.2, 0.25) is 5.02 Å². The van der Waals surface area contributed by atoms with Crippen LogP contribution in [0.1, 0.15) is 55.5 Å². The molecular weight excluding hydrogens is 436 g/mol. The summed E-state index contributed by atoms with van der Waals surface area (Å²) in [4.78, 5) is 17.5. The number of amides is 1. The van der Waals surface area contributed by atoms with Crippen LogP contribution in [0.15, 0.2) is 65.1 Å². The number of ether oxygens (including phenoxy) is 1. The number of hydrogen-bond acceptors (Lipinski definition) is 4. The van der Waals surface area contributed by atoms with Crippen LogP contribution >= 0.6 is 11.6 Å². The molecular formula is C27H27ClN2O3. The third kappa shape index (κ3) is 5.20. The van der Waals surface area contributed by atoms with Crippen molar-refractivity contribution < 1.29 is 13.9 Å². The molecule has 1 amide bonds. The standard InChI is InChI=1S/C27H27ClN2O3/c1-4-13-32-21-8-6-7-19(14-21)26(31)29-23-16-20(9-11-22(23)28)27-30-24-15-18(17(3)5-2)10-12-25(24)33-27/h6-12,14-17H,4-5,13H2,1-3H3,(H,29,31). The zero-order chi connectivity index (χ0) is 23.4. The maximum Gasteiger partial charge on any atom is 0.255 e. The molecule has 3 aromatic carbocycles. The van der Waals surface area contributed by atoms with Gasteiger partial charge in [0.25, 0.3) is 5.91 Å². The van der Waals surface area contributed by atoms with E-state index in [0.717, 1.165) is 29.5 Å². The Hall–Kier alpha value is -3.31. The van der Waals surface area contributed by atoms with E-state index in [2.05, 4.69) is 36.3 Å². The van der Waals surface area contributed by atoms with Crippen molar-refractivity contribution in [1.29, 1.82) is 0 Å². The molecule has 0 saturated heterocycles. The Labute approximate surface area is 198 Å². The number of carbonyl (C=O) groups excluding carboxylic acids is 1. The van der Waals surface area contributed by atoms with Gasteiger partial charge in [0.1, 0.15) is 11.3 Å². The van der Waals surface area contributed by atoms with Crippen molar-refractivity contribution >= 4 is 34.3 Å². The lowest BCUT2D eigenvalue weighted by atomic mass is 9.98. The van der Waals surface area contributed by atoms with Crippen LogP contribution in [0.5, 0.6) is 5.75 Å². The molecule has 4 rings (SSSR count). The average molecular weight is 463 g/mol. The van der Waals surface area contributed by atoms with Gasteiger partial charge in [-0.05, 0) is 72.9 Å². The van der Waals surface area contributed by atoms with Crippen molar-refractivity contribution in [3.8, 4) is 17.2 Å². The second kappa shape index (κ2) is 10.1. The van der Waals surface area contributed by atoms with E-state index < -0.39 is 0 Å². The highest BCUT2D eigenvalue weighted by molar-refractivity contribution is 6.34. The van der Waals surface area contributed by atoms with Crippen molar-refractivity contribution in [2.75, 3.05) is 11.9 Å². The Morgan fingerprint density at radius 3 is 2.76 bits per heavy atom. The van der Waals surface area contributed by atoms with Crippen molar-refractivity contribution in [2.24, 2.45) is 0 Å². The van der Waals surface area contributed by atoms with Crippen LogP contribution in [0.25, 0.3) is 22.6 Å². The largest absolute Gasteiger partial charge is 0.494 e. The Balaban J connectivity index is 1.58. The molecule has 0 aliphatic rings. The van der Waals surface area contributed by atoms with Gasteiger partial charge in [-0.1, -0.05) is 44.5 Å². The van der Waals surface area contributed by atoms with Crippen LogP contribution < -0.4 is 10.1 Å². The van der Waals surface area contributed by atoms with Gasteiger partial charge < -0.3 is 14.5 Å². The van der Waals surface area contributed by atoms with E-state index in [4.69, 9.17) is 20.8 Å². The molecule has 1 heterocycles. The third-order valence-electron chi connectivity index (χ3n) is 5.62. The van der Waals surface area contributed by atoms with Crippen molar-refractivity contribution in [3.63, 3.8) is 0 Å². The van der Waals surface area contributed by atoms with Crippen LogP contribution in [0, 0.1) is 0 Å². The number of rotatable bonds is 8. The number of carbonyl (C=O) groups is 1. The van der Waals surface area contributed by atoms with E-state index in [-0.39, 0.29) is 5.91 Å². The Morgan fingerprint density at radius 1 is 1.12 bits per heavy atom. The molecule has 0 saturated carbocycles. The molecule has 5 nitrogen and oxygen atoms in total. The van der Waals surface area contributed by atoms with Gasteiger partial charge in [0.05, 0.1) is 17.3 Å². The summed E-state index contributed by atoms with van der Waals surface area (Å²) in [5.74, 6) is 1.32. The number of hydrogen-bond donors (Lipinski definition) is 1. The third-order valence-corrected chi connectivity index (χ3v) is 5.95. The minimum absolute atomic E-state index is 0.272. The first-order valence-electron chi connectivity index (χ1n) is 11.2. The molecule has 170 valence electrons. The minimum Gasteiger partial charge on any atom is -0.494 e. The minimum atomic E-state index is -0.272. The van der Waals surface area contributed by atoms with Gasteiger partial charge in [-0.15, -0.1) is 0 Å². The predicted molar refractivity (Wildman–Crippen MR) is 133 cm³/mol. The van der Waals surface area contributed by atoms with E-state index in [1.807, 2.05) is 25.1 Å². The summed E-state index contributed by atoms with van der Waals surface area (Å²) in [5, 5.41) is 3.32. The first-order chi connectivity index (χ1) is 16.0. The smallest absolute Gasteiger partial charge is 0.255 e. The zero-order valence-electron chi connectivity index (χ0n) is 19.0. The molecule has 1 aromatic heterocycles.